The monoisotopic (exact) mass is 428 g/mol. The molecule has 3 aromatic rings. The van der Waals surface area contributed by atoms with Gasteiger partial charge in [-0.15, -0.1) is 11.3 Å². The van der Waals surface area contributed by atoms with Crippen LogP contribution in [0.15, 0.2) is 35.8 Å². The maximum absolute atomic E-state index is 12.3. The number of carbonyl (C=O) groups is 3. The number of aryl methyl sites for hydroxylation is 1. The lowest BCUT2D eigenvalue weighted by molar-refractivity contribution is -0.125. The molecule has 29 heavy (non-hydrogen) atoms. The molecule has 0 atom stereocenters. The summed E-state index contributed by atoms with van der Waals surface area (Å²) in [6.45, 7) is 2.58. The number of benzene rings is 1. The third-order valence-corrected chi connectivity index (χ3v) is 6.53. The van der Waals surface area contributed by atoms with Crippen LogP contribution in [0.5, 0.6) is 0 Å². The van der Waals surface area contributed by atoms with Crippen LogP contribution in [0.1, 0.15) is 18.2 Å². The minimum atomic E-state index is -0.248. The van der Waals surface area contributed by atoms with Crippen LogP contribution < -0.4 is 5.32 Å². The number of nitrogens with zero attached hydrogens (tertiary/aromatic N) is 3. The van der Waals surface area contributed by atoms with Gasteiger partial charge in [0.1, 0.15) is 0 Å². The molecule has 1 fully saturated rings. The Balaban J connectivity index is 1.38. The van der Waals surface area contributed by atoms with Crippen molar-refractivity contribution >= 4 is 45.1 Å². The normalized spacial score (nSPS) is 14.2. The molecule has 0 spiro atoms. The number of fused-ring (bicyclic) bond motifs is 1. The van der Waals surface area contributed by atoms with E-state index in [9.17, 15) is 14.4 Å². The fourth-order valence-corrected chi connectivity index (χ4v) is 4.76. The lowest BCUT2D eigenvalue weighted by atomic mass is 10.1. The highest BCUT2D eigenvalue weighted by Crippen LogP contribution is 2.24. The predicted octanol–water partition coefficient (Wildman–Crippen LogP) is 2.98. The van der Waals surface area contributed by atoms with Gasteiger partial charge in [0.25, 0.3) is 5.24 Å². The van der Waals surface area contributed by atoms with Crippen molar-refractivity contribution in [1.82, 2.24) is 19.6 Å². The smallest absolute Gasteiger partial charge is 0.288 e. The Bertz CT molecular complexity index is 1060. The average molecular weight is 429 g/mol. The third kappa shape index (κ3) is 4.20. The largest absolute Gasteiger partial charge is 0.354 e. The first kappa shape index (κ1) is 19.7. The minimum absolute atomic E-state index is 0.154. The maximum atomic E-state index is 12.3. The SMILES string of the molecule is CCc1ccc(-c2cn3c(CC(=O)NCCN4C(=O)CSC4=O)csc3n2)cc1. The number of nitrogens with one attached hydrogen (secondary N) is 1. The second-order valence-electron chi connectivity index (χ2n) is 6.68. The zero-order valence-electron chi connectivity index (χ0n) is 15.9. The summed E-state index contributed by atoms with van der Waals surface area (Å²) in [5, 5.41) is 4.46. The summed E-state index contributed by atoms with van der Waals surface area (Å²) < 4.78 is 1.94. The van der Waals surface area contributed by atoms with E-state index in [4.69, 9.17) is 0 Å². The Morgan fingerprint density at radius 3 is 2.72 bits per heavy atom. The van der Waals surface area contributed by atoms with Crippen LogP contribution in [0, 0.1) is 0 Å². The minimum Gasteiger partial charge on any atom is -0.354 e. The van der Waals surface area contributed by atoms with Gasteiger partial charge in [-0.25, -0.2) is 4.98 Å². The second kappa shape index (κ2) is 8.38. The number of thiazole rings is 1. The van der Waals surface area contributed by atoms with Crippen molar-refractivity contribution in [3.8, 4) is 11.3 Å². The molecule has 1 aliphatic rings. The molecule has 0 saturated carbocycles. The number of imide groups is 1. The summed E-state index contributed by atoms with van der Waals surface area (Å²) in [7, 11) is 0. The number of amides is 3. The van der Waals surface area contributed by atoms with Crippen molar-refractivity contribution in [2.75, 3.05) is 18.8 Å². The Morgan fingerprint density at radius 2 is 2.03 bits per heavy atom. The van der Waals surface area contributed by atoms with Gasteiger partial charge in [-0.3, -0.25) is 23.7 Å². The van der Waals surface area contributed by atoms with E-state index in [-0.39, 0.29) is 42.3 Å². The lowest BCUT2D eigenvalue weighted by Gasteiger charge is -2.12. The van der Waals surface area contributed by atoms with E-state index in [1.54, 1.807) is 0 Å². The van der Waals surface area contributed by atoms with Gasteiger partial charge >= 0.3 is 0 Å². The maximum Gasteiger partial charge on any atom is 0.288 e. The number of rotatable bonds is 7. The highest BCUT2D eigenvalue weighted by molar-refractivity contribution is 8.14. The highest BCUT2D eigenvalue weighted by Gasteiger charge is 2.29. The molecule has 0 bridgehead atoms. The highest BCUT2D eigenvalue weighted by atomic mass is 32.2. The van der Waals surface area contributed by atoms with Crippen molar-refractivity contribution in [3.63, 3.8) is 0 Å². The fourth-order valence-electron chi connectivity index (χ4n) is 3.14. The summed E-state index contributed by atoms with van der Waals surface area (Å²) in [6.07, 6.45) is 3.16. The zero-order chi connectivity index (χ0) is 20.4. The van der Waals surface area contributed by atoms with Crippen LogP contribution in [0.25, 0.3) is 16.2 Å². The van der Waals surface area contributed by atoms with Crippen LogP contribution in [-0.2, 0) is 22.4 Å². The van der Waals surface area contributed by atoms with E-state index in [0.29, 0.717) is 0 Å². The van der Waals surface area contributed by atoms with Crippen LogP contribution in [-0.4, -0.2) is 50.2 Å². The topological polar surface area (TPSA) is 83.8 Å². The molecule has 1 aromatic carbocycles. The van der Waals surface area contributed by atoms with E-state index >= 15 is 0 Å². The first-order valence-corrected chi connectivity index (χ1v) is 11.2. The first-order valence-electron chi connectivity index (χ1n) is 9.33. The standard InChI is InChI=1S/C20H20N4O3S2/c1-2-13-3-5-14(6-4-13)16-10-24-15(11-28-19(24)22-16)9-17(25)21-7-8-23-18(26)12-29-20(23)27/h3-6,10-11H,2,7-9,12H2,1H3,(H,21,25). The molecular weight excluding hydrogens is 408 g/mol. The molecule has 4 rings (SSSR count). The molecule has 0 aliphatic carbocycles. The summed E-state index contributed by atoms with van der Waals surface area (Å²) in [5.41, 5.74) is 4.06. The molecule has 2 aromatic heterocycles. The molecule has 1 saturated heterocycles. The number of aromatic nitrogens is 2. The van der Waals surface area contributed by atoms with Gasteiger partial charge in [0, 0.05) is 35.9 Å². The van der Waals surface area contributed by atoms with Gasteiger partial charge in [0.15, 0.2) is 4.96 Å². The van der Waals surface area contributed by atoms with Crippen LogP contribution in [0.2, 0.25) is 0 Å². The van der Waals surface area contributed by atoms with Crippen molar-refractivity contribution in [2.45, 2.75) is 19.8 Å². The quantitative estimate of drug-likeness (QED) is 0.626. The number of imidazole rings is 1. The van der Waals surface area contributed by atoms with E-state index in [1.165, 1.54) is 21.8 Å². The summed E-state index contributed by atoms with van der Waals surface area (Å²) >= 11 is 2.49. The third-order valence-electron chi connectivity index (χ3n) is 4.78. The van der Waals surface area contributed by atoms with Gasteiger partial charge in [0.05, 0.1) is 17.9 Å². The number of thioether (sulfide) groups is 1. The average Bonchev–Trinajstić information content (AvgIpc) is 3.39. The summed E-state index contributed by atoms with van der Waals surface area (Å²) in [5.74, 6) is -0.172. The van der Waals surface area contributed by atoms with Crippen molar-refractivity contribution in [3.05, 3.63) is 47.1 Å². The van der Waals surface area contributed by atoms with Crippen molar-refractivity contribution in [2.24, 2.45) is 0 Å². The Morgan fingerprint density at radius 1 is 1.24 bits per heavy atom. The van der Waals surface area contributed by atoms with E-state index in [2.05, 4.69) is 41.5 Å². The fraction of sp³-hybridized carbons (Fsp3) is 0.300. The zero-order valence-corrected chi connectivity index (χ0v) is 17.5. The van der Waals surface area contributed by atoms with Crippen LogP contribution in [0.3, 0.4) is 0 Å². The molecule has 3 heterocycles. The molecule has 0 unspecified atom stereocenters. The molecule has 9 heteroatoms. The van der Waals surface area contributed by atoms with Gasteiger partial charge in [-0.05, 0) is 12.0 Å². The molecular formula is C20H20N4O3S2. The molecule has 0 radical (unpaired) electrons. The predicted molar refractivity (Wildman–Crippen MR) is 114 cm³/mol. The number of hydrogen-bond acceptors (Lipinski definition) is 6. The van der Waals surface area contributed by atoms with Gasteiger partial charge in [0.2, 0.25) is 11.8 Å². The molecule has 1 aliphatic heterocycles. The Hall–Kier alpha value is -2.65. The van der Waals surface area contributed by atoms with E-state index < -0.39 is 0 Å². The van der Waals surface area contributed by atoms with Gasteiger partial charge in [-0.2, -0.15) is 0 Å². The van der Waals surface area contributed by atoms with Crippen molar-refractivity contribution < 1.29 is 14.4 Å². The van der Waals surface area contributed by atoms with E-state index in [1.807, 2.05) is 16.0 Å². The van der Waals surface area contributed by atoms with Crippen LogP contribution in [0.4, 0.5) is 4.79 Å². The Kier molecular flexibility index (Phi) is 5.68. The Labute approximate surface area is 176 Å². The molecule has 3 amide bonds. The number of hydrogen-bond donors (Lipinski definition) is 1. The summed E-state index contributed by atoms with van der Waals surface area (Å²) in [4.78, 5) is 42.1. The lowest BCUT2D eigenvalue weighted by Crippen LogP contribution is -2.38. The first-order chi connectivity index (χ1) is 14.0. The molecule has 7 nitrogen and oxygen atoms in total. The van der Waals surface area contributed by atoms with Gasteiger partial charge < -0.3 is 5.32 Å². The van der Waals surface area contributed by atoms with Gasteiger partial charge in [-0.1, -0.05) is 43.0 Å². The second-order valence-corrected chi connectivity index (χ2v) is 8.45. The number of carbonyl (C=O) groups excluding carboxylic acids is 3. The van der Waals surface area contributed by atoms with Crippen LogP contribution >= 0.6 is 23.1 Å². The van der Waals surface area contributed by atoms with Crippen molar-refractivity contribution in [1.29, 1.82) is 0 Å². The summed E-state index contributed by atoms with van der Waals surface area (Å²) in [6, 6.07) is 8.34. The molecule has 1 N–H and O–H groups in total. The molecule has 150 valence electrons. The van der Waals surface area contributed by atoms with E-state index in [0.717, 1.165) is 40.1 Å².